The van der Waals surface area contributed by atoms with E-state index in [4.69, 9.17) is 11.8 Å². The van der Waals surface area contributed by atoms with Crippen LogP contribution in [0.15, 0.2) is 48.2 Å². The van der Waals surface area contributed by atoms with Gasteiger partial charge in [-0.3, -0.25) is 4.42 Å². The summed E-state index contributed by atoms with van der Waals surface area (Å²) in [6, 6.07) is 6.70. The summed E-state index contributed by atoms with van der Waals surface area (Å²) in [5.74, 6) is -0.206. The van der Waals surface area contributed by atoms with E-state index < -0.39 is 0 Å². The predicted molar refractivity (Wildman–Crippen MR) is 64.5 cm³/mol. The van der Waals surface area contributed by atoms with Crippen LogP contribution in [-0.2, 0) is 6.42 Å². The number of halogens is 2. The molecule has 3 heteroatoms. The molecule has 1 atom stereocenters. The average Bonchev–Trinajstić information content (AvgIpc) is 2.26. The number of hydrogen-bond donors (Lipinski definition) is 0. The normalized spacial score (nSPS) is 19.8. The van der Waals surface area contributed by atoms with Crippen LogP contribution < -0.4 is 0 Å². The zero-order valence-electron chi connectivity index (χ0n) is 9.03. The van der Waals surface area contributed by atoms with E-state index >= 15 is 0 Å². The van der Waals surface area contributed by atoms with E-state index in [1.807, 2.05) is 25.3 Å². The quantitative estimate of drug-likeness (QED) is 0.710. The van der Waals surface area contributed by atoms with Crippen LogP contribution in [0.4, 0.5) is 4.39 Å². The van der Waals surface area contributed by atoms with Crippen molar-refractivity contribution in [3.8, 4) is 0 Å². The van der Waals surface area contributed by atoms with Gasteiger partial charge in [0.2, 0.25) is 0 Å². The molecule has 1 aliphatic rings. The largest absolute Gasteiger partial charge is 0.285 e. The highest BCUT2D eigenvalue weighted by atomic mass is 35.5. The predicted octanol–water partition coefficient (Wildman–Crippen LogP) is 3.67. The number of benzene rings is 1. The molecule has 0 radical (unpaired) electrons. The van der Waals surface area contributed by atoms with Crippen LogP contribution in [-0.4, -0.2) is 10.5 Å². The van der Waals surface area contributed by atoms with Crippen LogP contribution in [0.1, 0.15) is 12.5 Å². The molecule has 1 unspecified atom stereocenters. The number of nitrogens with zero attached hydrogens (tertiary/aromatic N) is 1. The van der Waals surface area contributed by atoms with Crippen LogP contribution in [0.25, 0.3) is 0 Å². The van der Waals surface area contributed by atoms with Crippen molar-refractivity contribution in [3.05, 3.63) is 59.6 Å². The summed E-state index contributed by atoms with van der Waals surface area (Å²) in [4.78, 5) is 0. The molecule has 0 amide bonds. The van der Waals surface area contributed by atoms with Gasteiger partial charge in [0.25, 0.3) is 0 Å². The summed E-state index contributed by atoms with van der Waals surface area (Å²) < 4.78 is 14.4. The molecule has 2 rings (SSSR count). The van der Waals surface area contributed by atoms with Gasteiger partial charge in [-0.25, -0.2) is 4.39 Å². The van der Waals surface area contributed by atoms with Gasteiger partial charge in [0.1, 0.15) is 5.82 Å². The van der Waals surface area contributed by atoms with Crippen LogP contribution in [0.5, 0.6) is 0 Å². The van der Waals surface area contributed by atoms with Gasteiger partial charge in [-0.15, -0.1) is 0 Å². The lowest BCUT2D eigenvalue weighted by atomic mass is 9.98. The Kier molecular flexibility index (Phi) is 3.30. The highest BCUT2D eigenvalue weighted by Crippen LogP contribution is 2.22. The second kappa shape index (κ2) is 4.71. The van der Waals surface area contributed by atoms with Crippen molar-refractivity contribution in [2.45, 2.75) is 19.4 Å². The molecule has 1 aromatic carbocycles. The molecule has 1 aromatic rings. The van der Waals surface area contributed by atoms with Gasteiger partial charge in [0.15, 0.2) is 0 Å². The fraction of sp³-hybridized carbons (Fsp3) is 0.231. The summed E-state index contributed by atoms with van der Waals surface area (Å²) in [6.45, 7) is 2.05. The van der Waals surface area contributed by atoms with Gasteiger partial charge >= 0.3 is 0 Å². The first-order chi connectivity index (χ1) is 7.66. The summed E-state index contributed by atoms with van der Waals surface area (Å²) in [6.07, 6.45) is 6.59. The van der Waals surface area contributed by atoms with E-state index in [9.17, 15) is 4.39 Å². The molecular weight excluding hydrogens is 225 g/mol. The monoisotopic (exact) mass is 237 g/mol. The molecule has 84 valence electrons. The zero-order valence-corrected chi connectivity index (χ0v) is 9.78. The fourth-order valence-corrected chi connectivity index (χ4v) is 2.07. The highest BCUT2D eigenvalue weighted by Gasteiger charge is 2.18. The molecule has 0 aliphatic carbocycles. The molecule has 0 spiro atoms. The Morgan fingerprint density at radius 3 is 2.62 bits per heavy atom. The van der Waals surface area contributed by atoms with Gasteiger partial charge in [-0.1, -0.05) is 18.2 Å². The van der Waals surface area contributed by atoms with Gasteiger partial charge in [0, 0.05) is 18.0 Å². The average molecular weight is 238 g/mol. The molecule has 0 bridgehead atoms. The first-order valence-electron chi connectivity index (χ1n) is 5.20. The number of rotatable bonds is 2. The van der Waals surface area contributed by atoms with Gasteiger partial charge < -0.3 is 0 Å². The first kappa shape index (κ1) is 11.2. The lowest BCUT2D eigenvalue weighted by Crippen LogP contribution is -2.28. The van der Waals surface area contributed by atoms with Crippen molar-refractivity contribution in [1.29, 1.82) is 0 Å². The van der Waals surface area contributed by atoms with Gasteiger partial charge in [-0.2, -0.15) is 0 Å². The lowest BCUT2D eigenvalue weighted by molar-refractivity contribution is 0.471. The highest BCUT2D eigenvalue weighted by molar-refractivity contribution is 6.14. The Bertz CT molecular complexity index is 422. The Labute approximate surface area is 99.9 Å². The molecular formula is C13H13ClFN. The van der Waals surface area contributed by atoms with E-state index in [2.05, 4.69) is 0 Å². The van der Waals surface area contributed by atoms with E-state index in [0.29, 0.717) is 0 Å². The fourth-order valence-electron chi connectivity index (χ4n) is 1.78. The zero-order chi connectivity index (χ0) is 11.5. The van der Waals surface area contributed by atoms with Crippen molar-refractivity contribution in [3.63, 3.8) is 0 Å². The third-order valence-electron chi connectivity index (χ3n) is 2.75. The van der Waals surface area contributed by atoms with Crippen molar-refractivity contribution in [1.82, 2.24) is 4.42 Å². The Hall–Kier alpha value is -1.28. The molecule has 0 fully saturated rings. The van der Waals surface area contributed by atoms with Gasteiger partial charge in [-0.05, 0) is 42.7 Å². The van der Waals surface area contributed by atoms with Crippen LogP contribution in [0.3, 0.4) is 0 Å². The first-order valence-corrected chi connectivity index (χ1v) is 5.54. The smallest absolute Gasteiger partial charge is 0.123 e. The minimum atomic E-state index is -0.206. The Morgan fingerprint density at radius 2 is 2.00 bits per heavy atom. The molecule has 1 nitrogen and oxygen atoms in total. The third-order valence-corrected chi connectivity index (χ3v) is 3.10. The molecule has 0 saturated heterocycles. The number of allylic oxidation sites excluding steroid dienone is 2. The summed E-state index contributed by atoms with van der Waals surface area (Å²) in [5, 5.41) is 0. The molecule has 1 heterocycles. The van der Waals surface area contributed by atoms with Crippen LogP contribution >= 0.6 is 11.8 Å². The number of hydrogen-bond acceptors (Lipinski definition) is 1. The minimum absolute atomic E-state index is 0.150. The maximum Gasteiger partial charge on any atom is 0.123 e. The summed E-state index contributed by atoms with van der Waals surface area (Å²) >= 11 is 6.09. The molecule has 16 heavy (non-hydrogen) atoms. The Balaban J connectivity index is 2.12. The standard InChI is InChI=1S/C13H13ClFN/c1-10-3-2-8-16(14)13(10)9-11-4-6-12(15)7-5-11/h2-8,13H,9H2,1H3. The van der Waals surface area contributed by atoms with Crippen molar-refractivity contribution >= 4 is 11.8 Å². The van der Waals surface area contributed by atoms with Crippen molar-refractivity contribution in [2.75, 3.05) is 0 Å². The molecule has 0 saturated carbocycles. The van der Waals surface area contributed by atoms with Gasteiger partial charge in [0.05, 0.1) is 6.04 Å². The van der Waals surface area contributed by atoms with E-state index in [1.165, 1.54) is 17.7 Å². The SMILES string of the molecule is CC1=CC=CN(Cl)C1Cc1ccc(F)cc1. The molecule has 1 aliphatic heterocycles. The summed E-state index contributed by atoms with van der Waals surface area (Å²) in [5.41, 5.74) is 2.29. The third kappa shape index (κ3) is 2.45. The van der Waals surface area contributed by atoms with Crippen LogP contribution in [0, 0.1) is 5.82 Å². The molecule has 0 N–H and O–H groups in total. The van der Waals surface area contributed by atoms with E-state index in [0.717, 1.165) is 12.0 Å². The van der Waals surface area contributed by atoms with Crippen molar-refractivity contribution in [2.24, 2.45) is 0 Å². The second-order valence-corrected chi connectivity index (χ2v) is 4.33. The maximum absolute atomic E-state index is 12.8. The van der Waals surface area contributed by atoms with Crippen molar-refractivity contribution < 1.29 is 4.39 Å². The maximum atomic E-state index is 12.8. The molecule has 0 aromatic heterocycles. The van der Waals surface area contributed by atoms with E-state index in [1.54, 1.807) is 16.6 Å². The van der Waals surface area contributed by atoms with E-state index in [-0.39, 0.29) is 11.9 Å². The summed E-state index contributed by atoms with van der Waals surface area (Å²) in [7, 11) is 0. The minimum Gasteiger partial charge on any atom is -0.285 e. The van der Waals surface area contributed by atoms with Crippen LogP contribution in [0.2, 0.25) is 0 Å². The lowest BCUT2D eigenvalue weighted by Gasteiger charge is -2.27. The topological polar surface area (TPSA) is 3.24 Å². The second-order valence-electron chi connectivity index (χ2n) is 3.94. The Morgan fingerprint density at radius 1 is 1.31 bits per heavy atom.